The van der Waals surface area contributed by atoms with E-state index < -0.39 is 0 Å². The molecule has 23 heavy (non-hydrogen) atoms. The molecule has 2 aromatic heterocycles. The van der Waals surface area contributed by atoms with Gasteiger partial charge in [-0.1, -0.05) is 30.3 Å². The van der Waals surface area contributed by atoms with Crippen molar-refractivity contribution in [3.05, 3.63) is 80.6 Å². The Balaban J connectivity index is 1.92. The van der Waals surface area contributed by atoms with Gasteiger partial charge in [-0.2, -0.15) is 0 Å². The van der Waals surface area contributed by atoms with Crippen LogP contribution in [0.5, 0.6) is 0 Å². The Labute approximate surface area is 153 Å². The van der Waals surface area contributed by atoms with Crippen LogP contribution in [0, 0.1) is 6.92 Å². The lowest BCUT2D eigenvalue weighted by atomic mass is 10.00. The van der Waals surface area contributed by atoms with Crippen LogP contribution < -0.4 is 0 Å². The van der Waals surface area contributed by atoms with E-state index >= 15 is 0 Å². The average Bonchev–Trinajstić information content (AvgIpc) is 2.57. The summed E-state index contributed by atoms with van der Waals surface area (Å²) in [5.41, 5.74) is 5.74. The maximum atomic E-state index is 4.63. The van der Waals surface area contributed by atoms with E-state index in [1.807, 2.05) is 25.4 Å². The van der Waals surface area contributed by atoms with Gasteiger partial charge in [0.1, 0.15) is 4.60 Å². The molecule has 0 aliphatic heterocycles. The summed E-state index contributed by atoms with van der Waals surface area (Å²) < 4.78 is 1.88. The molecule has 4 heteroatoms. The number of benzene rings is 1. The van der Waals surface area contributed by atoms with Gasteiger partial charge in [0.05, 0.1) is 5.69 Å². The van der Waals surface area contributed by atoms with E-state index in [9.17, 15) is 0 Å². The molecule has 116 valence electrons. The second kappa shape index (κ2) is 7.37. The fraction of sp³-hybridized carbons (Fsp3) is 0.158. The SMILES string of the molecule is Cc1cc(-c2ncc(Br)cc2CCc2ccccc2)cnc1Br. The predicted octanol–water partition coefficient (Wildman–Crippen LogP) is 5.76. The monoisotopic (exact) mass is 430 g/mol. The first kappa shape index (κ1) is 16.3. The standard InChI is InChI=1S/C19H16Br2N2/c1-13-9-16(11-23-19(13)21)18-15(10-17(20)12-22-18)8-7-14-5-3-2-4-6-14/h2-6,9-12H,7-8H2,1H3. The minimum Gasteiger partial charge on any atom is -0.255 e. The van der Waals surface area contributed by atoms with Gasteiger partial charge >= 0.3 is 0 Å². The summed E-state index contributed by atoms with van der Waals surface area (Å²) in [6.45, 7) is 2.04. The first-order chi connectivity index (χ1) is 11.1. The molecule has 0 atom stereocenters. The van der Waals surface area contributed by atoms with Crippen LogP contribution in [0.1, 0.15) is 16.7 Å². The van der Waals surface area contributed by atoms with E-state index in [1.165, 1.54) is 11.1 Å². The van der Waals surface area contributed by atoms with E-state index in [-0.39, 0.29) is 0 Å². The lowest BCUT2D eigenvalue weighted by Gasteiger charge is -2.10. The summed E-state index contributed by atoms with van der Waals surface area (Å²) in [6.07, 6.45) is 5.66. The molecule has 0 spiro atoms. The second-order valence-corrected chi connectivity index (χ2v) is 7.15. The average molecular weight is 432 g/mol. The third-order valence-corrected chi connectivity index (χ3v) is 5.01. The van der Waals surface area contributed by atoms with Gasteiger partial charge in [-0.25, -0.2) is 4.98 Å². The van der Waals surface area contributed by atoms with Gasteiger partial charge in [-0.3, -0.25) is 4.98 Å². The molecule has 0 unspecified atom stereocenters. The van der Waals surface area contributed by atoms with Crippen LogP contribution in [0.15, 0.2) is 63.9 Å². The molecule has 0 saturated heterocycles. The van der Waals surface area contributed by atoms with E-state index in [0.29, 0.717) is 0 Å². The van der Waals surface area contributed by atoms with Crippen molar-refractivity contribution in [1.82, 2.24) is 9.97 Å². The highest BCUT2D eigenvalue weighted by molar-refractivity contribution is 9.10. The zero-order chi connectivity index (χ0) is 16.2. The Hall–Kier alpha value is -1.52. The van der Waals surface area contributed by atoms with E-state index in [4.69, 9.17) is 0 Å². The van der Waals surface area contributed by atoms with Gasteiger partial charge in [0.15, 0.2) is 0 Å². The van der Waals surface area contributed by atoms with Crippen molar-refractivity contribution >= 4 is 31.9 Å². The molecule has 0 N–H and O–H groups in total. The summed E-state index contributed by atoms with van der Waals surface area (Å²) in [5, 5.41) is 0. The van der Waals surface area contributed by atoms with Gasteiger partial charge in [-0.05, 0) is 80.4 Å². The maximum absolute atomic E-state index is 4.63. The summed E-state index contributed by atoms with van der Waals surface area (Å²) in [5.74, 6) is 0. The summed E-state index contributed by atoms with van der Waals surface area (Å²) in [4.78, 5) is 9.03. The van der Waals surface area contributed by atoms with Crippen LogP contribution in [-0.2, 0) is 12.8 Å². The molecule has 0 aliphatic rings. The number of pyridine rings is 2. The van der Waals surface area contributed by atoms with Crippen molar-refractivity contribution in [2.75, 3.05) is 0 Å². The van der Waals surface area contributed by atoms with E-state index in [2.05, 4.69) is 78.2 Å². The van der Waals surface area contributed by atoms with Gasteiger partial charge in [0.25, 0.3) is 0 Å². The fourth-order valence-corrected chi connectivity index (χ4v) is 3.14. The number of halogens is 2. The molecule has 2 heterocycles. The minimum absolute atomic E-state index is 0.879. The Morgan fingerprint density at radius 2 is 1.70 bits per heavy atom. The predicted molar refractivity (Wildman–Crippen MR) is 101 cm³/mol. The molecule has 0 bridgehead atoms. The second-order valence-electron chi connectivity index (χ2n) is 5.48. The highest BCUT2D eigenvalue weighted by Gasteiger charge is 2.10. The van der Waals surface area contributed by atoms with Gasteiger partial charge in [0, 0.05) is 22.4 Å². The van der Waals surface area contributed by atoms with Crippen LogP contribution >= 0.6 is 31.9 Å². The molecule has 0 saturated carbocycles. The largest absolute Gasteiger partial charge is 0.255 e. The van der Waals surface area contributed by atoms with Crippen molar-refractivity contribution in [2.24, 2.45) is 0 Å². The van der Waals surface area contributed by atoms with Crippen LogP contribution in [0.3, 0.4) is 0 Å². The van der Waals surface area contributed by atoms with Crippen molar-refractivity contribution < 1.29 is 0 Å². The summed E-state index contributed by atoms with van der Waals surface area (Å²) >= 11 is 6.99. The van der Waals surface area contributed by atoms with Crippen molar-refractivity contribution in [3.8, 4) is 11.3 Å². The highest BCUT2D eigenvalue weighted by atomic mass is 79.9. The Bertz CT molecular complexity index is 817. The lowest BCUT2D eigenvalue weighted by Crippen LogP contribution is -1.98. The third kappa shape index (κ3) is 4.06. The topological polar surface area (TPSA) is 25.8 Å². The quantitative estimate of drug-likeness (QED) is 0.490. The van der Waals surface area contributed by atoms with E-state index in [0.717, 1.165) is 38.7 Å². The van der Waals surface area contributed by atoms with Crippen LogP contribution in [0.2, 0.25) is 0 Å². The van der Waals surface area contributed by atoms with Crippen LogP contribution in [0.25, 0.3) is 11.3 Å². The summed E-state index contributed by atoms with van der Waals surface area (Å²) in [7, 11) is 0. The molecular weight excluding hydrogens is 416 g/mol. The number of hydrogen-bond acceptors (Lipinski definition) is 2. The highest BCUT2D eigenvalue weighted by Crippen LogP contribution is 2.27. The molecule has 3 rings (SSSR count). The molecular formula is C19H16Br2N2. The lowest BCUT2D eigenvalue weighted by molar-refractivity contribution is 0.950. The first-order valence-corrected chi connectivity index (χ1v) is 9.03. The number of rotatable bonds is 4. The molecule has 2 nitrogen and oxygen atoms in total. The maximum Gasteiger partial charge on any atom is 0.109 e. The Morgan fingerprint density at radius 1 is 0.913 bits per heavy atom. The smallest absolute Gasteiger partial charge is 0.109 e. The minimum atomic E-state index is 0.879. The molecule has 0 fully saturated rings. The Morgan fingerprint density at radius 3 is 2.43 bits per heavy atom. The molecule has 0 amide bonds. The normalized spacial score (nSPS) is 10.7. The van der Waals surface area contributed by atoms with Gasteiger partial charge in [0.2, 0.25) is 0 Å². The molecule has 3 aromatic rings. The van der Waals surface area contributed by atoms with Crippen molar-refractivity contribution in [3.63, 3.8) is 0 Å². The molecule has 0 radical (unpaired) electrons. The third-order valence-electron chi connectivity index (χ3n) is 3.75. The first-order valence-electron chi connectivity index (χ1n) is 7.44. The zero-order valence-corrected chi connectivity index (χ0v) is 15.9. The summed E-state index contributed by atoms with van der Waals surface area (Å²) in [6, 6.07) is 14.8. The number of aryl methyl sites for hydroxylation is 3. The zero-order valence-electron chi connectivity index (χ0n) is 12.8. The molecule has 0 aliphatic carbocycles. The Kier molecular flexibility index (Phi) is 5.23. The van der Waals surface area contributed by atoms with Crippen molar-refractivity contribution in [2.45, 2.75) is 19.8 Å². The van der Waals surface area contributed by atoms with Crippen LogP contribution in [-0.4, -0.2) is 9.97 Å². The molecule has 1 aromatic carbocycles. The van der Waals surface area contributed by atoms with Crippen molar-refractivity contribution in [1.29, 1.82) is 0 Å². The number of aromatic nitrogens is 2. The fourth-order valence-electron chi connectivity index (χ4n) is 2.54. The van der Waals surface area contributed by atoms with Gasteiger partial charge < -0.3 is 0 Å². The van der Waals surface area contributed by atoms with Crippen LogP contribution in [0.4, 0.5) is 0 Å². The van der Waals surface area contributed by atoms with Gasteiger partial charge in [-0.15, -0.1) is 0 Å². The van der Waals surface area contributed by atoms with E-state index in [1.54, 1.807) is 0 Å². The number of nitrogens with zero attached hydrogens (tertiary/aromatic N) is 2. The number of hydrogen-bond donors (Lipinski definition) is 0.